The second-order valence-electron chi connectivity index (χ2n) is 4.15. The smallest absolute Gasteiger partial charge is 0.0492 e. The number of hydrazine groups is 1. The van der Waals surface area contributed by atoms with Crippen molar-refractivity contribution in [1.82, 2.24) is 20.2 Å². The molecular formula is C11H20N4. The minimum absolute atomic E-state index is 1.01. The van der Waals surface area contributed by atoms with Crippen LogP contribution in [0.3, 0.4) is 0 Å². The number of aromatic nitrogens is 2. The minimum atomic E-state index is 1.01. The van der Waals surface area contributed by atoms with Crippen LogP contribution in [0.15, 0.2) is 12.3 Å². The maximum absolute atomic E-state index is 4.16. The Bertz CT molecular complexity index is 289. The lowest BCUT2D eigenvalue weighted by Crippen LogP contribution is -2.42. The molecule has 2 heterocycles. The third-order valence-corrected chi connectivity index (χ3v) is 3.00. The molecule has 2 rings (SSSR count). The van der Waals surface area contributed by atoms with Crippen LogP contribution < -0.4 is 5.43 Å². The molecule has 0 atom stereocenters. The van der Waals surface area contributed by atoms with E-state index in [1.54, 1.807) is 0 Å². The van der Waals surface area contributed by atoms with Gasteiger partial charge in [-0.05, 0) is 18.9 Å². The van der Waals surface area contributed by atoms with Crippen molar-refractivity contribution in [2.75, 3.05) is 19.6 Å². The molecule has 15 heavy (non-hydrogen) atoms. The van der Waals surface area contributed by atoms with E-state index >= 15 is 0 Å². The summed E-state index contributed by atoms with van der Waals surface area (Å²) in [4.78, 5) is 0. The van der Waals surface area contributed by atoms with Crippen molar-refractivity contribution >= 4 is 0 Å². The fourth-order valence-corrected chi connectivity index (χ4v) is 2.04. The van der Waals surface area contributed by atoms with Crippen LogP contribution in [0.2, 0.25) is 0 Å². The summed E-state index contributed by atoms with van der Waals surface area (Å²) in [7, 11) is 2.00. The first-order valence-electron chi connectivity index (χ1n) is 5.81. The summed E-state index contributed by atoms with van der Waals surface area (Å²) in [6.07, 6.45) is 6.96. The summed E-state index contributed by atoms with van der Waals surface area (Å²) >= 11 is 0. The van der Waals surface area contributed by atoms with Crippen molar-refractivity contribution in [2.24, 2.45) is 7.05 Å². The number of piperidine rings is 1. The predicted octanol–water partition coefficient (Wildman–Crippen LogP) is 0.953. The van der Waals surface area contributed by atoms with Crippen molar-refractivity contribution in [3.8, 4) is 0 Å². The lowest BCUT2D eigenvalue weighted by Gasteiger charge is -2.27. The van der Waals surface area contributed by atoms with Crippen LogP contribution in [0.4, 0.5) is 0 Å². The van der Waals surface area contributed by atoms with E-state index in [1.807, 2.05) is 17.9 Å². The zero-order valence-corrected chi connectivity index (χ0v) is 9.45. The molecular weight excluding hydrogens is 188 g/mol. The van der Waals surface area contributed by atoms with E-state index in [0.29, 0.717) is 0 Å². The Morgan fingerprint density at radius 2 is 2.13 bits per heavy atom. The molecule has 0 radical (unpaired) electrons. The molecule has 1 aromatic heterocycles. The monoisotopic (exact) mass is 208 g/mol. The highest BCUT2D eigenvalue weighted by atomic mass is 15.5. The summed E-state index contributed by atoms with van der Waals surface area (Å²) in [6, 6.07) is 2.08. The second-order valence-corrected chi connectivity index (χ2v) is 4.15. The average Bonchev–Trinajstić information content (AvgIpc) is 2.66. The summed E-state index contributed by atoms with van der Waals surface area (Å²) in [5, 5.41) is 6.50. The van der Waals surface area contributed by atoms with E-state index in [0.717, 1.165) is 13.0 Å². The Balaban J connectivity index is 1.68. The number of rotatable bonds is 4. The molecule has 0 aliphatic carbocycles. The molecule has 1 N–H and O–H groups in total. The standard InChI is InChI=1S/C11H20N4/c1-14-11(5-7-12-14)6-8-13-15-9-3-2-4-10-15/h5,7,13H,2-4,6,8-10H2,1H3. The summed E-state index contributed by atoms with van der Waals surface area (Å²) in [5.41, 5.74) is 4.77. The first-order chi connectivity index (χ1) is 7.36. The van der Waals surface area contributed by atoms with Gasteiger partial charge in [0, 0.05) is 45.0 Å². The normalized spacial score (nSPS) is 18.2. The molecule has 0 saturated carbocycles. The topological polar surface area (TPSA) is 33.1 Å². The first kappa shape index (κ1) is 10.6. The zero-order chi connectivity index (χ0) is 10.5. The number of hydrogen-bond acceptors (Lipinski definition) is 3. The maximum atomic E-state index is 4.16. The molecule has 1 fully saturated rings. The third-order valence-electron chi connectivity index (χ3n) is 3.00. The van der Waals surface area contributed by atoms with E-state index < -0.39 is 0 Å². The van der Waals surface area contributed by atoms with Crippen LogP contribution >= 0.6 is 0 Å². The first-order valence-corrected chi connectivity index (χ1v) is 5.81. The lowest BCUT2D eigenvalue weighted by atomic mass is 10.2. The van der Waals surface area contributed by atoms with Gasteiger partial charge in [0.25, 0.3) is 0 Å². The second kappa shape index (κ2) is 5.28. The SMILES string of the molecule is Cn1nccc1CCNN1CCCCC1. The number of nitrogens with one attached hydrogen (secondary N) is 1. The molecule has 84 valence electrons. The van der Waals surface area contributed by atoms with Crippen molar-refractivity contribution in [1.29, 1.82) is 0 Å². The van der Waals surface area contributed by atoms with E-state index in [2.05, 4.69) is 21.6 Å². The Morgan fingerprint density at radius 1 is 1.33 bits per heavy atom. The van der Waals surface area contributed by atoms with Crippen molar-refractivity contribution in [3.63, 3.8) is 0 Å². The predicted molar refractivity (Wildman–Crippen MR) is 60.3 cm³/mol. The van der Waals surface area contributed by atoms with Gasteiger partial charge in [-0.15, -0.1) is 0 Å². The van der Waals surface area contributed by atoms with Crippen LogP contribution in [0.25, 0.3) is 0 Å². The maximum Gasteiger partial charge on any atom is 0.0492 e. The van der Waals surface area contributed by atoms with Crippen molar-refractivity contribution in [2.45, 2.75) is 25.7 Å². The molecule has 0 unspecified atom stereocenters. The quantitative estimate of drug-likeness (QED) is 0.800. The number of hydrogen-bond donors (Lipinski definition) is 1. The molecule has 0 spiro atoms. The number of aryl methyl sites for hydroxylation is 1. The summed E-state index contributed by atoms with van der Waals surface area (Å²) < 4.78 is 1.94. The average molecular weight is 208 g/mol. The van der Waals surface area contributed by atoms with E-state index in [1.165, 1.54) is 38.0 Å². The molecule has 1 aromatic rings. The molecule has 1 saturated heterocycles. The van der Waals surface area contributed by atoms with Gasteiger partial charge in [-0.25, -0.2) is 5.01 Å². The summed E-state index contributed by atoms with van der Waals surface area (Å²) in [5.74, 6) is 0. The lowest BCUT2D eigenvalue weighted by molar-refractivity contribution is 0.155. The van der Waals surface area contributed by atoms with Gasteiger partial charge in [0.05, 0.1) is 0 Å². The Morgan fingerprint density at radius 3 is 2.80 bits per heavy atom. The van der Waals surface area contributed by atoms with Crippen molar-refractivity contribution < 1.29 is 0 Å². The van der Waals surface area contributed by atoms with Gasteiger partial charge in [-0.1, -0.05) is 6.42 Å². The van der Waals surface area contributed by atoms with Gasteiger partial charge in [0.2, 0.25) is 0 Å². The highest BCUT2D eigenvalue weighted by Gasteiger charge is 2.08. The molecule has 1 aliphatic heterocycles. The van der Waals surface area contributed by atoms with Gasteiger partial charge < -0.3 is 0 Å². The molecule has 4 nitrogen and oxygen atoms in total. The fourth-order valence-electron chi connectivity index (χ4n) is 2.04. The molecule has 4 heteroatoms. The zero-order valence-electron chi connectivity index (χ0n) is 9.45. The minimum Gasteiger partial charge on any atom is -0.273 e. The highest BCUT2D eigenvalue weighted by Crippen LogP contribution is 2.05. The molecule has 0 bridgehead atoms. The Labute approximate surface area is 91.2 Å². The van der Waals surface area contributed by atoms with Crippen LogP contribution in [-0.4, -0.2) is 34.4 Å². The van der Waals surface area contributed by atoms with E-state index in [-0.39, 0.29) is 0 Å². The molecule has 0 aromatic carbocycles. The number of nitrogens with zero attached hydrogens (tertiary/aromatic N) is 3. The van der Waals surface area contributed by atoms with Crippen LogP contribution in [-0.2, 0) is 13.5 Å². The van der Waals surface area contributed by atoms with Gasteiger partial charge in [-0.3, -0.25) is 10.1 Å². The van der Waals surface area contributed by atoms with E-state index in [9.17, 15) is 0 Å². The van der Waals surface area contributed by atoms with Gasteiger partial charge >= 0.3 is 0 Å². The van der Waals surface area contributed by atoms with Crippen LogP contribution in [0.1, 0.15) is 25.0 Å². The van der Waals surface area contributed by atoms with Gasteiger partial charge in [0.15, 0.2) is 0 Å². The fraction of sp³-hybridized carbons (Fsp3) is 0.727. The van der Waals surface area contributed by atoms with E-state index in [4.69, 9.17) is 0 Å². The summed E-state index contributed by atoms with van der Waals surface area (Å²) in [6.45, 7) is 3.41. The van der Waals surface area contributed by atoms with Gasteiger partial charge in [0.1, 0.15) is 0 Å². The van der Waals surface area contributed by atoms with Crippen LogP contribution in [0, 0.1) is 0 Å². The Hall–Kier alpha value is -0.870. The molecule has 0 amide bonds. The van der Waals surface area contributed by atoms with Crippen molar-refractivity contribution in [3.05, 3.63) is 18.0 Å². The highest BCUT2D eigenvalue weighted by molar-refractivity contribution is 5.00. The Kier molecular flexibility index (Phi) is 3.75. The van der Waals surface area contributed by atoms with Gasteiger partial charge in [-0.2, -0.15) is 5.10 Å². The third kappa shape index (κ3) is 3.04. The largest absolute Gasteiger partial charge is 0.273 e. The van der Waals surface area contributed by atoms with Crippen LogP contribution in [0.5, 0.6) is 0 Å². The molecule has 1 aliphatic rings.